The number of rotatable bonds is 12. The Bertz CT molecular complexity index is 1280. The SMILES string of the molecule is COc1ccc(OCCC(CF)CNC(=O)O)cc1[C@@H]1c2[nH]c3ccccc3c2C[C@@H](C)N1CC(F)(F)CO. The maximum Gasteiger partial charge on any atom is 0.404 e. The lowest BCUT2D eigenvalue weighted by Gasteiger charge is -2.42. The Morgan fingerprint density at radius 2 is 2.05 bits per heavy atom. The molecule has 1 aliphatic heterocycles. The molecule has 11 heteroatoms. The summed E-state index contributed by atoms with van der Waals surface area (Å²) in [5, 5.41) is 21.3. The van der Waals surface area contributed by atoms with E-state index in [1.807, 2.05) is 31.2 Å². The third-order valence-electron chi connectivity index (χ3n) is 7.21. The van der Waals surface area contributed by atoms with Crippen LogP contribution in [0.1, 0.15) is 36.2 Å². The lowest BCUT2D eigenvalue weighted by atomic mass is 9.87. The molecule has 4 N–H and O–H groups in total. The molecule has 39 heavy (non-hydrogen) atoms. The fraction of sp³-hybridized carbons (Fsp3) is 0.464. The van der Waals surface area contributed by atoms with Gasteiger partial charge in [0.05, 0.1) is 33.0 Å². The maximum absolute atomic E-state index is 14.6. The van der Waals surface area contributed by atoms with Crippen molar-refractivity contribution in [2.24, 2.45) is 5.92 Å². The molecule has 0 spiro atoms. The Morgan fingerprint density at radius 1 is 1.28 bits per heavy atom. The van der Waals surface area contributed by atoms with Crippen molar-refractivity contribution in [3.05, 3.63) is 59.3 Å². The fourth-order valence-electron chi connectivity index (χ4n) is 5.23. The fourth-order valence-corrected chi connectivity index (χ4v) is 5.23. The van der Waals surface area contributed by atoms with Crippen molar-refractivity contribution >= 4 is 17.0 Å². The number of aromatic nitrogens is 1. The predicted molar refractivity (Wildman–Crippen MR) is 141 cm³/mol. The number of amides is 1. The van der Waals surface area contributed by atoms with Crippen LogP contribution < -0.4 is 14.8 Å². The number of hydrogen-bond acceptors (Lipinski definition) is 5. The van der Waals surface area contributed by atoms with Crippen molar-refractivity contribution in [2.45, 2.75) is 37.8 Å². The minimum absolute atomic E-state index is 0.0276. The van der Waals surface area contributed by atoms with Crippen LogP contribution in [0.2, 0.25) is 0 Å². The number of para-hydroxylation sites is 1. The zero-order chi connectivity index (χ0) is 28.2. The first-order chi connectivity index (χ1) is 18.7. The predicted octanol–water partition coefficient (Wildman–Crippen LogP) is 4.76. The van der Waals surface area contributed by atoms with E-state index in [1.165, 1.54) is 7.11 Å². The number of methoxy groups -OCH3 is 1. The lowest BCUT2D eigenvalue weighted by Crippen LogP contribution is -2.49. The Hall–Kier alpha value is -3.44. The third-order valence-corrected chi connectivity index (χ3v) is 7.21. The van der Waals surface area contributed by atoms with Crippen molar-refractivity contribution in [2.75, 3.05) is 40.1 Å². The Balaban J connectivity index is 1.70. The molecule has 0 aliphatic carbocycles. The van der Waals surface area contributed by atoms with Crippen LogP contribution in [-0.4, -0.2) is 78.2 Å². The molecule has 0 saturated carbocycles. The molecule has 0 radical (unpaired) electrons. The van der Waals surface area contributed by atoms with E-state index in [0.717, 1.165) is 22.2 Å². The highest BCUT2D eigenvalue weighted by Gasteiger charge is 2.42. The molecule has 0 bridgehead atoms. The van der Waals surface area contributed by atoms with E-state index in [-0.39, 0.29) is 25.6 Å². The zero-order valence-electron chi connectivity index (χ0n) is 21.9. The van der Waals surface area contributed by atoms with E-state index in [4.69, 9.17) is 14.6 Å². The van der Waals surface area contributed by atoms with Crippen molar-refractivity contribution < 1.29 is 37.7 Å². The molecule has 212 valence electrons. The summed E-state index contributed by atoms with van der Waals surface area (Å²) in [6.45, 7) is -0.635. The first-order valence-corrected chi connectivity index (χ1v) is 12.8. The first kappa shape index (κ1) is 28.6. The number of aliphatic hydroxyl groups excluding tert-OH is 1. The normalized spacial score (nSPS) is 18.5. The summed E-state index contributed by atoms with van der Waals surface area (Å²) >= 11 is 0. The Labute approximate surface area is 224 Å². The second-order valence-electron chi connectivity index (χ2n) is 9.95. The molecular weight excluding hydrogens is 515 g/mol. The zero-order valence-corrected chi connectivity index (χ0v) is 21.9. The number of ether oxygens (including phenoxy) is 2. The molecule has 1 aliphatic rings. The third kappa shape index (κ3) is 6.42. The van der Waals surface area contributed by atoms with E-state index in [0.29, 0.717) is 23.5 Å². The van der Waals surface area contributed by atoms with Gasteiger partial charge in [0.25, 0.3) is 5.92 Å². The van der Waals surface area contributed by atoms with Gasteiger partial charge >= 0.3 is 6.09 Å². The summed E-state index contributed by atoms with van der Waals surface area (Å²) in [6, 6.07) is 12.0. The topological polar surface area (TPSA) is 107 Å². The summed E-state index contributed by atoms with van der Waals surface area (Å²) in [4.78, 5) is 15.8. The van der Waals surface area contributed by atoms with Gasteiger partial charge in [-0.2, -0.15) is 0 Å². The molecule has 8 nitrogen and oxygen atoms in total. The van der Waals surface area contributed by atoms with E-state index >= 15 is 0 Å². The molecule has 3 aromatic rings. The first-order valence-electron chi connectivity index (χ1n) is 12.8. The highest BCUT2D eigenvalue weighted by atomic mass is 19.3. The molecule has 3 atom stereocenters. The molecule has 0 saturated heterocycles. The Morgan fingerprint density at radius 3 is 2.74 bits per heavy atom. The highest BCUT2D eigenvalue weighted by Crippen LogP contribution is 2.45. The van der Waals surface area contributed by atoms with Gasteiger partial charge in [-0.25, -0.2) is 13.6 Å². The van der Waals surface area contributed by atoms with Gasteiger partial charge in [0.2, 0.25) is 0 Å². The minimum Gasteiger partial charge on any atom is -0.496 e. The quantitative estimate of drug-likeness (QED) is 0.260. The van der Waals surface area contributed by atoms with Gasteiger partial charge in [-0.05, 0) is 49.6 Å². The second-order valence-corrected chi connectivity index (χ2v) is 9.95. The largest absolute Gasteiger partial charge is 0.496 e. The lowest BCUT2D eigenvalue weighted by molar-refractivity contribution is -0.0866. The van der Waals surface area contributed by atoms with Crippen LogP contribution in [0.25, 0.3) is 10.9 Å². The number of benzene rings is 2. The van der Waals surface area contributed by atoms with Crippen molar-refractivity contribution in [1.29, 1.82) is 0 Å². The molecule has 2 aromatic carbocycles. The van der Waals surface area contributed by atoms with Gasteiger partial charge in [0.15, 0.2) is 0 Å². The van der Waals surface area contributed by atoms with Gasteiger partial charge in [-0.3, -0.25) is 9.29 Å². The van der Waals surface area contributed by atoms with Crippen molar-refractivity contribution in [1.82, 2.24) is 15.2 Å². The minimum atomic E-state index is -3.32. The van der Waals surface area contributed by atoms with E-state index in [9.17, 15) is 23.1 Å². The van der Waals surface area contributed by atoms with Crippen LogP contribution in [0.3, 0.4) is 0 Å². The number of carbonyl (C=O) groups is 1. The molecule has 4 rings (SSSR count). The smallest absolute Gasteiger partial charge is 0.404 e. The summed E-state index contributed by atoms with van der Waals surface area (Å²) in [5.41, 5.74) is 3.32. The van der Waals surface area contributed by atoms with Gasteiger partial charge in [0.1, 0.15) is 18.1 Å². The average Bonchev–Trinajstić information content (AvgIpc) is 3.28. The summed E-state index contributed by atoms with van der Waals surface area (Å²) in [6.07, 6.45) is -0.395. The number of alkyl halides is 3. The van der Waals surface area contributed by atoms with Crippen LogP contribution >= 0.6 is 0 Å². The van der Waals surface area contributed by atoms with E-state index in [1.54, 1.807) is 23.1 Å². The number of nitrogens with one attached hydrogen (secondary N) is 2. The Kier molecular flexibility index (Phi) is 8.91. The van der Waals surface area contributed by atoms with E-state index < -0.39 is 43.8 Å². The van der Waals surface area contributed by atoms with Crippen LogP contribution in [0, 0.1) is 5.92 Å². The number of H-pyrrole nitrogens is 1. The summed E-state index contributed by atoms with van der Waals surface area (Å²) in [7, 11) is 1.51. The number of carboxylic acid groups (broad SMARTS) is 1. The molecule has 1 unspecified atom stereocenters. The van der Waals surface area contributed by atoms with Gasteiger partial charge in [-0.15, -0.1) is 0 Å². The molecule has 1 aromatic heterocycles. The van der Waals surface area contributed by atoms with Gasteiger partial charge < -0.3 is 30.0 Å². The molecule has 0 fully saturated rings. The van der Waals surface area contributed by atoms with Crippen LogP contribution in [-0.2, 0) is 6.42 Å². The molecule has 1 amide bonds. The molecule has 2 heterocycles. The van der Waals surface area contributed by atoms with Crippen LogP contribution in [0.4, 0.5) is 18.0 Å². The monoisotopic (exact) mass is 549 g/mol. The van der Waals surface area contributed by atoms with Gasteiger partial charge in [0, 0.05) is 40.7 Å². The average molecular weight is 550 g/mol. The maximum atomic E-state index is 14.6. The summed E-state index contributed by atoms with van der Waals surface area (Å²) in [5.74, 6) is -2.93. The standard InChI is InChI=1S/C28H34F3N3O5/c1-17-11-21-20-5-3-4-6-23(20)33-25(21)26(34(17)15-28(30,31)16-35)22-12-19(7-8-24(22)38-2)39-10-9-18(13-29)14-32-27(36)37/h3-8,12,17-18,26,32-33,35H,9-11,13-16H2,1-2H3,(H,36,37)/t17-,18?,26-/m1/s1. The highest BCUT2D eigenvalue weighted by molar-refractivity contribution is 5.85. The van der Waals surface area contributed by atoms with Crippen LogP contribution in [0.5, 0.6) is 11.5 Å². The number of hydrogen-bond donors (Lipinski definition) is 4. The van der Waals surface area contributed by atoms with Crippen molar-refractivity contribution in [3.8, 4) is 11.5 Å². The van der Waals surface area contributed by atoms with Crippen molar-refractivity contribution in [3.63, 3.8) is 0 Å². The second kappa shape index (κ2) is 12.2. The number of aliphatic hydroxyl groups is 1. The summed E-state index contributed by atoms with van der Waals surface area (Å²) < 4.78 is 54.1. The number of halogens is 3. The van der Waals surface area contributed by atoms with E-state index in [2.05, 4.69) is 10.3 Å². The number of fused-ring (bicyclic) bond motifs is 3. The van der Waals surface area contributed by atoms with Gasteiger partial charge in [-0.1, -0.05) is 18.2 Å². The number of aromatic amines is 1. The van der Waals surface area contributed by atoms with Crippen LogP contribution in [0.15, 0.2) is 42.5 Å². The molecular formula is C28H34F3N3O5. The number of nitrogens with zero attached hydrogens (tertiary/aromatic N) is 1.